The fourth-order valence-corrected chi connectivity index (χ4v) is 3.95. The molecule has 6 heteroatoms. The molecule has 0 radical (unpaired) electrons. The van der Waals surface area contributed by atoms with Crippen LogP contribution in [0, 0.1) is 0 Å². The summed E-state index contributed by atoms with van der Waals surface area (Å²) < 4.78 is 26.6. The van der Waals surface area contributed by atoms with Crippen molar-refractivity contribution in [3.05, 3.63) is 47.5 Å². The summed E-state index contributed by atoms with van der Waals surface area (Å²) in [5.74, 6) is 1.73. The number of nitrogens with one attached hydrogen (secondary N) is 1. The van der Waals surface area contributed by atoms with Gasteiger partial charge in [0.2, 0.25) is 10.7 Å². The smallest absolute Gasteiger partial charge is 0.221 e. The molecule has 1 saturated carbocycles. The van der Waals surface area contributed by atoms with Crippen LogP contribution in [0.5, 0.6) is 5.75 Å². The Morgan fingerprint density at radius 3 is 2.84 bits per heavy atom. The molecule has 0 amide bonds. The van der Waals surface area contributed by atoms with Gasteiger partial charge in [-0.3, -0.25) is 0 Å². The van der Waals surface area contributed by atoms with Crippen LogP contribution in [-0.4, -0.2) is 16.8 Å². The van der Waals surface area contributed by atoms with Gasteiger partial charge in [0.25, 0.3) is 0 Å². The zero-order valence-corrected chi connectivity index (χ0v) is 15.1. The van der Waals surface area contributed by atoms with Crippen LogP contribution in [0.2, 0.25) is 0 Å². The number of anilines is 1. The summed E-state index contributed by atoms with van der Waals surface area (Å²) in [6.45, 7) is 2.06. The molecule has 4 rings (SSSR count). The first kappa shape index (κ1) is 16.3. The van der Waals surface area contributed by atoms with Crippen LogP contribution in [0.25, 0.3) is 11.0 Å². The molecule has 1 aliphatic carbocycles. The third-order valence-electron chi connectivity index (χ3n) is 4.57. The van der Waals surface area contributed by atoms with Crippen molar-refractivity contribution in [1.82, 2.24) is 5.16 Å². The van der Waals surface area contributed by atoms with Crippen LogP contribution in [0.1, 0.15) is 36.8 Å². The second-order valence-corrected chi connectivity index (χ2v) is 7.45. The van der Waals surface area contributed by atoms with Crippen LogP contribution in [-0.2, 0) is 17.8 Å². The Morgan fingerprint density at radius 2 is 2.12 bits per heavy atom. The minimum atomic E-state index is -1.49. The number of methoxy groups -OCH3 is 1. The zero-order valence-electron chi connectivity index (χ0n) is 14.2. The van der Waals surface area contributed by atoms with E-state index in [4.69, 9.17) is 9.26 Å². The summed E-state index contributed by atoms with van der Waals surface area (Å²) in [6.07, 6.45) is 3.32. The van der Waals surface area contributed by atoms with Gasteiger partial charge in [-0.25, -0.2) is 0 Å². The Hall–Kier alpha value is -2.18. The van der Waals surface area contributed by atoms with E-state index in [9.17, 15) is 4.55 Å². The highest BCUT2D eigenvalue weighted by Crippen LogP contribution is 2.41. The number of benzene rings is 2. The number of aromatic nitrogens is 1. The van der Waals surface area contributed by atoms with Gasteiger partial charge in [-0.15, -0.1) is 0 Å². The predicted molar refractivity (Wildman–Crippen MR) is 98.4 cm³/mol. The van der Waals surface area contributed by atoms with Crippen molar-refractivity contribution in [3.63, 3.8) is 0 Å². The van der Waals surface area contributed by atoms with Crippen LogP contribution >= 0.6 is 0 Å². The van der Waals surface area contributed by atoms with Crippen LogP contribution in [0.3, 0.4) is 0 Å². The number of aryl methyl sites for hydroxylation is 1. The molecule has 1 atom stereocenters. The van der Waals surface area contributed by atoms with E-state index in [-0.39, 0.29) is 0 Å². The highest BCUT2D eigenvalue weighted by atomic mass is 32.2. The molecule has 1 aromatic heterocycles. The number of hydrogen-bond donors (Lipinski definition) is 1. The summed E-state index contributed by atoms with van der Waals surface area (Å²) >= 11 is -1.49. The maximum atomic E-state index is 12.9. The molecule has 3 aromatic rings. The molecule has 0 saturated heterocycles. The Kier molecular flexibility index (Phi) is 4.31. The molecule has 0 spiro atoms. The molecule has 1 unspecified atom stereocenters. The maximum absolute atomic E-state index is 12.9. The quantitative estimate of drug-likeness (QED) is 0.663. The first-order chi connectivity index (χ1) is 12.2. The van der Waals surface area contributed by atoms with Gasteiger partial charge in [0.1, 0.15) is 11.4 Å². The normalized spacial score (nSPS) is 15.3. The van der Waals surface area contributed by atoms with E-state index in [1.165, 1.54) is 18.4 Å². The predicted octanol–water partition coefficient (Wildman–Crippen LogP) is 4.41. The van der Waals surface area contributed by atoms with E-state index < -0.39 is 11.4 Å². The van der Waals surface area contributed by atoms with E-state index in [0.717, 1.165) is 17.4 Å². The average Bonchev–Trinajstić information content (AvgIpc) is 3.43. The summed E-state index contributed by atoms with van der Waals surface area (Å²) in [4.78, 5) is 0.608. The van der Waals surface area contributed by atoms with E-state index in [1.807, 2.05) is 24.3 Å². The van der Waals surface area contributed by atoms with E-state index >= 15 is 0 Å². The third-order valence-corrected chi connectivity index (χ3v) is 5.67. The summed E-state index contributed by atoms with van der Waals surface area (Å²) in [7, 11) is 1.58. The Balaban J connectivity index is 1.65. The van der Waals surface area contributed by atoms with Crippen molar-refractivity contribution in [3.8, 4) is 5.75 Å². The number of rotatable bonds is 6. The number of ether oxygens (including phenoxy) is 1. The van der Waals surface area contributed by atoms with E-state index in [2.05, 4.69) is 28.9 Å². The molecule has 0 aliphatic heterocycles. The molecular formula is C19H20N2O3S. The van der Waals surface area contributed by atoms with Gasteiger partial charge >= 0.3 is 0 Å². The van der Waals surface area contributed by atoms with Crippen molar-refractivity contribution in [1.29, 1.82) is 0 Å². The average molecular weight is 356 g/mol. The fraction of sp³-hybridized carbons (Fsp3) is 0.316. The molecule has 1 heterocycles. The van der Waals surface area contributed by atoms with Crippen molar-refractivity contribution in [2.45, 2.75) is 37.0 Å². The Morgan fingerprint density at radius 1 is 1.28 bits per heavy atom. The SMILES string of the molecule is CCc1ccc(OC)c([S+]([O-])Nc2noc3ccc(C4CC4)cc23)c1. The standard InChI is InChI=1S/C19H20N2O3S/c1-3-12-4-8-17(23-2)18(10-12)25(22)21-19-15-11-14(13-5-6-13)7-9-16(15)24-20-19/h4,7-11,13H,3,5-6H2,1-2H3,(H,20,21). The van der Waals surface area contributed by atoms with Crippen molar-refractivity contribution in [2.75, 3.05) is 11.8 Å². The molecule has 0 bridgehead atoms. The topological polar surface area (TPSA) is 70.3 Å². The zero-order chi connectivity index (χ0) is 17.4. The third kappa shape index (κ3) is 3.19. The summed E-state index contributed by atoms with van der Waals surface area (Å²) in [6, 6.07) is 11.8. The first-order valence-electron chi connectivity index (χ1n) is 8.44. The molecular weight excluding hydrogens is 336 g/mol. The summed E-state index contributed by atoms with van der Waals surface area (Å²) in [5, 5.41) is 4.92. The second-order valence-electron chi connectivity index (χ2n) is 6.27. The highest BCUT2D eigenvalue weighted by Gasteiger charge is 2.26. The lowest BCUT2D eigenvalue weighted by Crippen LogP contribution is -2.15. The molecule has 1 fully saturated rings. The summed E-state index contributed by atoms with van der Waals surface area (Å²) in [5.41, 5.74) is 3.08. The van der Waals surface area contributed by atoms with E-state index in [0.29, 0.717) is 28.0 Å². The molecule has 1 aliphatic rings. The highest BCUT2D eigenvalue weighted by molar-refractivity contribution is 7.92. The minimum absolute atomic E-state index is 0.500. The van der Waals surface area contributed by atoms with Crippen LogP contribution < -0.4 is 9.46 Å². The lowest BCUT2D eigenvalue weighted by Gasteiger charge is -2.13. The number of fused-ring (bicyclic) bond motifs is 1. The first-order valence-corrected chi connectivity index (χ1v) is 9.59. The fourth-order valence-electron chi connectivity index (χ4n) is 2.93. The van der Waals surface area contributed by atoms with Crippen LogP contribution in [0.4, 0.5) is 5.82 Å². The van der Waals surface area contributed by atoms with Crippen molar-refractivity contribution in [2.24, 2.45) is 0 Å². The number of hydrogen-bond acceptors (Lipinski definition) is 5. The maximum Gasteiger partial charge on any atom is 0.221 e. The van der Waals surface area contributed by atoms with E-state index in [1.54, 1.807) is 7.11 Å². The minimum Gasteiger partial charge on any atom is -0.588 e. The molecule has 130 valence electrons. The lowest BCUT2D eigenvalue weighted by molar-refractivity contribution is 0.402. The Labute approximate surface area is 149 Å². The molecule has 1 N–H and O–H groups in total. The van der Waals surface area contributed by atoms with Crippen molar-refractivity contribution < 1.29 is 13.8 Å². The molecule has 5 nitrogen and oxygen atoms in total. The van der Waals surface area contributed by atoms with Gasteiger partial charge in [0, 0.05) is 6.07 Å². The van der Waals surface area contributed by atoms with Gasteiger partial charge in [-0.1, -0.05) is 24.2 Å². The van der Waals surface area contributed by atoms with Gasteiger partial charge in [0.15, 0.2) is 11.3 Å². The van der Waals surface area contributed by atoms with Gasteiger partial charge < -0.3 is 13.8 Å². The number of nitrogens with zero attached hydrogens (tertiary/aromatic N) is 1. The Bertz CT molecular complexity index is 905. The monoisotopic (exact) mass is 356 g/mol. The lowest BCUT2D eigenvalue weighted by atomic mass is 10.1. The largest absolute Gasteiger partial charge is 0.588 e. The van der Waals surface area contributed by atoms with Gasteiger partial charge in [0.05, 0.1) is 12.5 Å². The molecule has 25 heavy (non-hydrogen) atoms. The second kappa shape index (κ2) is 6.61. The van der Waals surface area contributed by atoms with Crippen LogP contribution in [0.15, 0.2) is 45.8 Å². The van der Waals surface area contributed by atoms with Gasteiger partial charge in [-0.05, 0) is 54.5 Å². The van der Waals surface area contributed by atoms with Crippen molar-refractivity contribution >= 4 is 28.1 Å². The molecule has 2 aromatic carbocycles. The van der Waals surface area contributed by atoms with Gasteiger partial charge in [-0.2, -0.15) is 4.72 Å².